The van der Waals surface area contributed by atoms with E-state index in [-0.39, 0.29) is 6.03 Å². The Morgan fingerprint density at radius 1 is 0.947 bits per heavy atom. The summed E-state index contributed by atoms with van der Waals surface area (Å²) in [7, 11) is 0. The maximum absolute atomic E-state index is 12.3. The fourth-order valence-electron chi connectivity index (χ4n) is 3.15. The largest absolute Gasteiger partial charge is 0.325 e. The van der Waals surface area contributed by atoms with Crippen LogP contribution in [0.3, 0.4) is 0 Å². The molecule has 0 radical (unpaired) electrons. The van der Waals surface area contributed by atoms with Crippen molar-refractivity contribution in [3.8, 4) is 6.07 Å². The van der Waals surface area contributed by atoms with E-state index in [1.165, 1.54) is 25.7 Å². The number of carbonyl (C=O) groups is 1. The van der Waals surface area contributed by atoms with E-state index in [0.29, 0.717) is 0 Å². The molecule has 0 aromatic carbocycles. The van der Waals surface area contributed by atoms with Crippen molar-refractivity contribution in [1.82, 2.24) is 10.2 Å². The number of amides is 2. The first kappa shape index (κ1) is 14.2. The van der Waals surface area contributed by atoms with E-state index in [1.54, 1.807) is 0 Å². The highest BCUT2D eigenvalue weighted by Gasteiger charge is 2.33. The molecule has 4 nitrogen and oxygen atoms in total. The number of rotatable bonds is 1. The number of urea groups is 1. The molecule has 1 aliphatic carbocycles. The number of hydrogen-bond acceptors (Lipinski definition) is 2. The van der Waals surface area contributed by atoms with Gasteiger partial charge in [-0.2, -0.15) is 5.26 Å². The predicted molar refractivity (Wildman–Crippen MR) is 74.6 cm³/mol. The first-order valence-electron chi connectivity index (χ1n) is 7.74. The van der Waals surface area contributed by atoms with Gasteiger partial charge in [0.2, 0.25) is 0 Å². The maximum atomic E-state index is 12.3. The lowest BCUT2D eigenvalue weighted by Gasteiger charge is -2.34. The van der Waals surface area contributed by atoms with Crippen LogP contribution < -0.4 is 5.32 Å². The van der Waals surface area contributed by atoms with Crippen LogP contribution in [0, 0.1) is 11.3 Å². The maximum Gasteiger partial charge on any atom is 0.318 e. The molecule has 0 aromatic heterocycles. The first-order chi connectivity index (χ1) is 9.26. The molecule has 0 atom stereocenters. The van der Waals surface area contributed by atoms with E-state index in [9.17, 15) is 10.1 Å². The van der Waals surface area contributed by atoms with Crippen LogP contribution in [0.25, 0.3) is 0 Å². The minimum Gasteiger partial charge on any atom is -0.325 e. The second-order valence-electron chi connectivity index (χ2n) is 5.94. The smallest absolute Gasteiger partial charge is 0.318 e. The highest BCUT2D eigenvalue weighted by atomic mass is 16.2. The molecule has 2 amide bonds. The number of likely N-dealkylation sites (tertiary alicyclic amines) is 1. The van der Waals surface area contributed by atoms with Crippen molar-refractivity contribution < 1.29 is 4.79 Å². The molecular formula is C15H25N3O. The summed E-state index contributed by atoms with van der Waals surface area (Å²) in [6.07, 6.45) is 10.7. The van der Waals surface area contributed by atoms with Crippen LogP contribution in [0.4, 0.5) is 4.79 Å². The van der Waals surface area contributed by atoms with Crippen LogP contribution in [-0.4, -0.2) is 29.6 Å². The summed E-state index contributed by atoms with van der Waals surface area (Å²) < 4.78 is 0. The van der Waals surface area contributed by atoms with Crippen LogP contribution in [0.1, 0.15) is 64.2 Å². The van der Waals surface area contributed by atoms with E-state index >= 15 is 0 Å². The number of nitrogens with zero attached hydrogens (tertiary/aromatic N) is 2. The number of carbonyl (C=O) groups excluding carboxylic acids is 1. The molecule has 1 N–H and O–H groups in total. The van der Waals surface area contributed by atoms with E-state index in [1.807, 2.05) is 4.90 Å². The van der Waals surface area contributed by atoms with Gasteiger partial charge in [0, 0.05) is 13.1 Å². The van der Waals surface area contributed by atoms with E-state index in [2.05, 4.69) is 11.4 Å². The first-order valence-corrected chi connectivity index (χ1v) is 7.74. The Morgan fingerprint density at radius 2 is 1.47 bits per heavy atom. The van der Waals surface area contributed by atoms with Gasteiger partial charge in [-0.3, -0.25) is 0 Å². The van der Waals surface area contributed by atoms with E-state index < -0.39 is 5.54 Å². The summed E-state index contributed by atoms with van der Waals surface area (Å²) in [6, 6.07) is 2.37. The lowest BCUT2D eigenvalue weighted by atomic mass is 9.85. The highest BCUT2D eigenvalue weighted by molar-refractivity contribution is 5.75. The zero-order chi connectivity index (χ0) is 13.6. The molecule has 4 heteroatoms. The average Bonchev–Trinajstić information content (AvgIpc) is 2.43. The number of nitriles is 1. The van der Waals surface area contributed by atoms with E-state index in [4.69, 9.17) is 0 Å². The van der Waals surface area contributed by atoms with Gasteiger partial charge in [0.15, 0.2) is 0 Å². The normalized spacial score (nSPS) is 23.8. The molecule has 1 aliphatic heterocycles. The Bertz CT molecular complexity index is 334. The third-order valence-corrected chi connectivity index (χ3v) is 4.41. The Hall–Kier alpha value is -1.24. The Kier molecular flexibility index (Phi) is 5.07. The molecule has 0 bridgehead atoms. The van der Waals surface area contributed by atoms with Crippen molar-refractivity contribution in [3.05, 3.63) is 0 Å². The zero-order valence-corrected chi connectivity index (χ0v) is 11.8. The van der Waals surface area contributed by atoms with Crippen molar-refractivity contribution in [3.63, 3.8) is 0 Å². The Balaban J connectivity index is 1.95. The fraction of sp³-hybridized carbons (Fsp3) is 0.867. The highest BCUT2D eigenvalue weighted by Crippen LogP contribution is 2.26. The van der Waals surface area contributed by atoms with Gasteiger partial charge in [-0.15, -0.1) is 0 Å². The standard InChI is InChI=1S/C15H25N3O/c16-13-15(9-5-2-1-3-6-10-15)17-14(19)18-11-7-4-8-12-18/h1-12H2,(H,17,19). The number of nitrogens with one attached hydrogen (secondary N) is 1. The number of hydrogen-bond donors (Lipinski definition) is 1. The number of piperidine rings is 1. The molecule has 2 rings (SSSR count). The summed E-state index contributed by atoms with van der Waals surface area (Å²) in [5.74, 6) is 0. The Labute approximate surface area is 116 Å². The molecule has 1 saturated carbocycles. The van der Waals surface area contributed by atoms with Crippen LogP contribution >= 0.6 is 0 Å². The monoisotopic (exact) mass is 263 g/mol. The van der Waals surface area contributed by atoms with Crippen molar-refractivity contribution in [2.24, 2.45) is 0 Å². The molecule has 19 heavy (non-hydrogen) atoms. The van der Waals surface area contributed by atoms with Gasteiger partial charge in [-0.25, -0.2) is 4.79 Å². The molecular weight excluding hydrogens is 238 g/mol. The van der Waals surface area contributed by atoms with Gasteiger partial charge in [0.1, 0.15) is 5.54 Å². The molecule has 1 saturated heterocycles. The van der Waals surface area contributed by atoms with Crippen molar-refractivity contribution in [1.29, 1.82) is 5.26 Å². The third-order valence-electron chi connectivity index (χ3n) is 4.41. The summed E-state index contributed by atoms with van der Waals surface area (Å²) in [4.78, 5) is 14.2. The second kappa shape index (κ2) is 6.79. The van der Waals surface area contributed by atoms with Crippen LogP contribution in [0.2, 0.25) is 0 Å². The molecule has 0 aromatic rings. The SMILES string of the molecule is N#CC1(NC(=O)N2CCCCC2)CCCCCCC1. The summed E-state index contributed by atoms with van der Waals surface area (Å²) >= 11 is 0. The lowest BCUT2D eigenvalue weighted by Crippen LogP contribution is -2.53. The molecule has 2 fully saturated rings. The summed E-state index contributed by atoms with van der Waals surface area (Å²) in [6.45, 7) is 1.68. The third kappa shape index (κ3) is 3.86. The lowest BCUT2D eigenvalue weighted by molar-refractivity contribution is 0.173. The minimum atomic E-state index is -0.616. The van der Waals surface area contributed by atoms with Crippen LogP contribution in [0.5, 0.6) is 0 Å². The van der Waals surface area contributed by atoms with Crippen LogP contribution in [0.15, 0.2) is 0 Å². The van der Waals surface area contributed by atoms with Crippen molar-refractivity contribution in [2.75, 3.05) is 13.1 Å². The topological polar surface area (TPSA) is 56.1 Å². The quantitative estimate of drug-likeness (QED) is 0.790. The van der Waals surface area contributed by atoms with Gasteiger partial charge in [0.05, 0.1) is 6.07 Å². The molecule has 1 heterocycles. The molecule has 0 spiro atoms. The van der Waals surface area contributed by atoms with Gasteiger partial charge >= 0.3 is 6.03 Å². The molecule has 106 valence electrons. The minimum absolute atomic E-state index is 0.0261. The van der Waals surface area contributed by atoms with Crippen LogP contribution in [-0.2, 0) is 0 Å². The predicted octanol–water partition coefficient (Wildman–Crippen LogP) is 3.19. The fourth-order valence-corrected chi connectivity index (χ4v) is 3.15. The van der Waals surface area contributed by atoms with Crippen molar-refractivity contribution in [2.45, 2.75) is 69.7 Å². The van der Waals surface area contributed by atoms with Gasteiger partial charge in [-0.05, 0) is 32.1 Å². The molecule has 2 aliphatic rings. The molecule has 0 unspecified atom stereocenters. The summed E-state index contributed by atoms with van der Waals surface area (Å²) in [5.41, 5.74) is -0.616. The van der Waals surface area contributed by atoms with Crippen molar-refractivity contribution >= 4 is 6.03 Å². The zero-order valence-electron chi connectivity index (χ0n) is 11.8. The van der Waals surface area contributed by atoms with E-state index in [0.717, 1.165) is 51.6 Å². The van der Waals surface area contributed by atoms with Gasteiger partial charge in [0.25, 0.3) is 0 Å². The second-order valence-corrected chi connectivity index (χ2v) is 5.94. The summed E-state index contributed by atoms with van der Waals surface area (Å²) in [5, 5.41) is 12.6. The van der Waals surface area contributed by atoms with Gasteiger partial charge in [-0.1, -0.05) is 32.1 Å². The van der Waals surface area contributed by atoms with Gasteiger partial charge < -0.3 is 10.2 Å². The average molecular weight is 263 g/mol. The Morgan fingerprint density at radius 3 is 2.05 bits per heavy atom.